The van der Waals surface area contributed by atoms with E-state index in [1.165, 1.54) is 65.5 Å². The quantitative estimate of drug-likeness (QED) is 0.488. The monoisotopic (exact) mass is 234 g/mol. The van der Waals surface area contributed by atoms with Crippen LogP contribution in [0.2, 0.25) is 4.44 Å². The summed E-state index contributed by atoms with van der Waals surface area (Å²) in [6, 6.07) is 0. The summed E-state index contributed by atoms with van der Waals surface area (Å²) in [5.74, 6) is 0. The fourth-order valence-corrected chi connectivity index (χ4v) is 1.75. The minimum atomic E-state index is 1.38. The summed E-state index contributed by atoms with van der Waals surface area (Å²) in [4.78, 5) is 0. The Morgan fingerprint density at radius 1 is 0.889 bits per heavy atom. The summed E-state index contributed by atoms with van der Waals surface area (Å²) in [6.45, 7) is 2.27. The molecule has 0 spiro atoms. The van der Waals surface area contributed by atoms with Gasteiger partial charge in [0.25, 0.3) is 0 Å². The van der Waals surface area contributed by atoms with Crippen molar-refractivity contribution in [3.63, 3.8) is 0 Å². The Kier molecular flexibility index (Phi) is 9.58. The van der Waals surface area contributed by atoms with Crippen molar-refractivity contribution in [2.24, 2.45) is 0 Å². The van der Waals surface area contributed by atoms with Gasteiger partial charge >= 0.3 is 72.4 Å². The molecule has 9 heavy (non-hydrogen) atoms. The molecule has 0 unspecified atom stereocenters. The Hall–Kier alpha value is 0.799. The van der Waals surface area contributed by atoms with Crippen molar-refractivity contribution in [1.82, 2.24) is 0 Å². The second-order valence-corrected chi connectivity index (χ2v) is 4.20. The molecule has 0 N–H and O–H groups in total. The molecule has 0 aliphatic rings. The van der Waals surface area contributed by atoms with Gasteiger partial charge in [0.2, 0.25) is 0 Å². The zero-order chi connectivity index (χ0) is 6.95. The van der Waals surface area contributed by atoms with E-state index in [2.05, 4.69) is 6.92 Å². The fraction of sp³-hybridized carbons (Fsp3) is 1.00. The third-order valence-corrected chi connectivity index (χ3v) is 2.72. The van der Waals surface area contributed by atoms with Crippen LogP contribution in [0.4, 0.5) is 0 Å². The Bertz CT molecular complexity index is 37.8. The van der Waals surface area contributed by atoms with Crippen LogP contribution in [0.5, 0.6) is 0 Å². The zero-order valence-electron chi connectivity index (χ0n) is 6.53. The molecular weight excluding hydrogens is 215 g/mol. The van der Waals surface area contributed by atoms with Gasteiger partial charge in [0.1, 0.15) is 0 Å². The van der Waals surface area contributed by atoms with Gasteiger partial charge in [-0.3, -0.25) is 0 Å². The van der Waals surface area contributed by atoms with Crippen LogP contribution in [0.15, 0.2) is 0 Å². The molecule has 0 fully saturated rings. The van der Waals surface area contributed by atoms with Gasteiger partial charge in [-0.05, 0) is 0 Å². The summed E-state index contributed by atoms with van der Waals surface area (Å²) in [7, 11) is 0. The van der Waals surface area contributed by atoms with Gasteiger partial charge < -0.3 is 0 Å². The first-order valence-electron chi connectivity index (χ1n) is 4.12. The summed E-state index contributed by atoms with van der Waals surface area (Å²) in [6.07, 6.45) is 8.75. The van der Waals surface area contributed by atoms with E-state index in [1.54, 1.807) is 0 Å². The van der Waals surface area contributed by atoms with Gasteiger partial charge in [0.05, 0.1) is 0 Å². The Morgan fingerprint density at radius 2 is 1.44 bits per heavy atom. The van der Waals surface area contributed by atoms with Crippen molar-refractivity contribution in [3.05, 3.63) is 0 Å². The average Bonchev–Trinajstić information content (AvgIpc) is 1.89. The molecule has 0 aromatic rings. The van der Waals surface area contributed by atoms with E-state index in [1.807, 2.05) is 0 Å². The van der Waals surface area contributed by atoms with E-state index in [-0.39, 0.29) is 0 Å². The van der Waals surface area contributed by atoms with Crippen molar-refractivity contribution < 1.29 is 0 Å². The van der Waals surface area contributed by atoms with Crippen LogP contribution in [0.3, 0.4) is 0 Å². The first kappa shape index (κ1) is 9.80. The normalized spacial score (nSPS) is 10.0. The first-order valence-corrected chi connectivity index (χ1v) is 6.45. The van der Waals surface area contributed by atoms with Gasteiger partial charge in [-0.2, -0.15) is 0 Å². The molecule has 0 aliphatic carbocycles. The molecule has 0 aromatic carbocycles. The van der Waals surface area contributed by atoms with Crippen molar-refractivity contribution in [3.8, 4) is 0 Å². The predicted molar refractivity (Wildman–Crippen MR) is 45.3 cm³/mol. The van der Waals surface area contributed by atoms with Gasteiger partial charge in [-0.15, -0.1) is 0 Å². The first-order chi connectivity index (χ1) is 4.41. The van der Waals surface area contributed by atoms with Gasteiger partial charge in [0, 0.05) is 0 Å². The molecule has 0 aliphatic heterocycles. The standard InChI is InChI=1S/C8H17.Sn.H/c1-3-5-7-8-6-4-2;;/h1,3-8H2,2H3;;. The Labute approximate surface area is 72.5 Å². The van der Waals surface area contributed by atoms with E-state index in [0.717, 1.165) is 0 Å². The molecular formula is C8H18Sn. The topological polar surface area (TPSA) is 0 Å². The number of rotatable bonds is 6. The van der Waals surface area contributed by atoms with Gasteiger partial charge in [-0.25, -0.2) is 0 Å². The summed E-state index contributed by atoms with van der Waals surface area (Å²) in [5, 5.41) is 0. The van der Waals surface area contributed by atoms with Crippen molar-refractivity contribution in [2.45, 2.75) is 49.9 Å². The molecule has 54 valence electrons. The van der Waals surface area contributed by atoms with Crippen LogP contribution < -0.4 is 0 Å². The number of unbranched alkanes of at least 4 members (excludes halogenated alkanes) is 5. The van der Waals surface area contributed by atoms with E-state index in [0.29, 0.717) is 0 Å². The molecule has 0 bridgehead atoms. The summed E-state index contributed by atoms with van der Waals surface area (Å²) in [5.41, 5.74) is 0. The van der Waals surface area contributed by atoms with Gasteiger partial charge in [-0.1, -0.05) is 0 Å². The second-order valence-electron chi connectivity index (χ2n) is 2.56. The molecule has 0 saturated carbocycles. The van der Waals surface area contributed by atoms with Crippen LogP contribution in [-0.4, -0.2) is 22.5 Å². The third-order valence-electron chi connectivity index (χ3n) is 1.56. The van der Waals surface area contributed by atoms with Crippen molar-refractivity contribution in [2.75, 3.05) is 0 Å². The van der Waals surface area contributed by atoms with E-state index in [9.17, 15) is 0 Å². The fourth-order valence-electron chi connectivity index (χ4n) is 0.925. The second kappa shape index (κ2) is 8.80. The molecule has 0 rings (SSSR count). The maximum absolute atomic E-state index is 2.27. The minimum absolute atomic E-state index is 1.38. The number of hydrogen-bond donors (Lipinski definition) is 0. The predicted octanol–water partition coefficient (Wildman–Crippen LogP) is 2.67. The van der Waals surface area contributed by atoms with E-state index in [4.69, 9.17) is 0 Å². The molecule has 0 saturated heterocycles. The molecule has 0 nitrogen and oxygen atoms in total. The molecule has 0 heterocycles. The molecule has 1 heteroatoms. The Morgan fingerprint density at radius 3 is 2.00 bits per heavy atom. The van der Waals surface area contributed by atoms with Crippen LogP contribution in [0.25, 0.3) is 0 Å². The van der Waals surface area contributed by atoms with Crippen LogP contribution in [0.1, 0.15) is 45.4 Å². The van der Waals surface area contributed by atoms with Gasteiger partial charge in [0.15, 0.2) is 0 Å². The van der Waals surface area contributed by atoms with Crippen LogP contribution in [0, 0.1) is 0 Å². The Balaban J connectivity index is 2.60. The zero-order valence-corrected chi connectivity index (χ0v) is 9.82. The van der Waals surface area contributed by atoms with E-state index >= 15 is 0 Å². The molecule has 0 amide bonds. The van der Waals surface area contributed by atoms with Crippen molar-refractivity contribution >= 4 is 22.5 Å². The van der Waals surface area contributed by atoms with Crippen LogP contribution >= 0.6 is 0 Å². The molecule has 2 radical (unpaired) electrons. The summed E-state index contributed by atoms with van der Waals surface area (Å²) < 4.78 is 1.50. The number of hydrogen-bond acceptors (Lipinski definition) is 0. The van der Waals surface area contributed by atoms with Crippen molar-refractivity contribution in [1.29, 1.82) is 0 Å². The van der Waals surface area contributed by atoms with E-state index < -0.39 is 0 Å². The SMILES string of the molecule is CCCCCCC[CH2][SnH]. The average molecular weight is 233 g/mol. The molecule has 0 aromatic heterocycles. The van der Waals surface area contributed by atoms with Crippen LogP contribution in [-0.2, 0) is 0 Å². The third kappa shape index (κ3) is 8.80. The maximum atomic E-state index is 2.27. The summed E-state index contributed by atoms with van der Waals surface area (Å²) >= 11 is 1.46. The molecule has 0 atom stereocenters.